The van der Waals surface area contributed by atoms with Crippen molar-refractivity contribution in [2.75, 3.05) is 13.1 Å². The summed E-state index contributed by atoms with van der Waals surface area (Å²) in [4.78, 5) is 3.74. The predicted molar refractivity (Wildman–Crippen MR) is 49.0 cm³/mol. The van der Waals surface area contributed by atoms with Gasteiger partial charge in [0.15, 0.2) is 0 Å². The Balaban J connectivity index is 2.18. The van der Waals surface area contributed by atoms with Crippen LogP contribution in [0, 0.1) is 5.82 Å². The first-order chi connectivity index (χ1) is 6.38. The topological polar surface area (TPSA) is 24.9 Å². The third-order valence-electron chi connectivity index (χ3n) is 2.54. The van der Waals surface area contributed by atoms with Crippen LogP contribution in [0.3, 0.4) is 0 Å². The van der Waals surface area contributed by atoms with Crippen LogP contribution in [0.1, 0.15) is 24.3 Å². The second-order valence-corrected chi connectivity index (χ2v) is 3.44. The molecule has 1 fully saturated rings. The molecule has 0 spiro atoms. The average Bonchev–Trinajstić information content (AvgIpc) is 2.20. The molecule has 0 saturated carbocycles. The zero-order valence-corrected chi connectivity index (χ0v) is 7.46. The van der Waals surface area contributed by atoms with Gasteiger partial charge < -0.3 is 5.32 Å². The Morgan fingerprint density at radius 1 is 1.54 bits per heavy atom. The monoisotopic (exact) mass is 180 g/mol. The molecule has 0 aromatic carbocycles. The van der Waals surface area contributed by atoms with Crippen molar-refractivity contribution in [3.8, 4) is 0 Å². The third-order valence-corrected chi connectivity index (χ3v) is 2.54. The fraction of sp³-hybridized carbons (Fsp3) is 0.500. The molecule has 1 N–H and O–H groups in total. The Labute approximate surface area is 77.2 Å². The molecule has 2 rings (SSSR count). The molecule has 0 unspecified atom stereocenters. The second kappa shape index (κ2) is 3.83. The lowest BCUT2D eigenvalue weighted by molar-refractivity contribution is 0.445. The smallest absolute Gasteiger partial charge is 0.144 e. The van der Waals surface area contributed by atoms with E-state index in [2.05, 4.69) is 10.3 Å². The van der Waals surface area contributed by atoms with Crippen LogP contribution in [0.5, 0.6) is 0 Å². The fourth-order valence-corrected chi connectivity index (χ4v) is 1.83. The molecule has 1 aliphatic heterocycles. The highest BCUT2D eigenvalue weighted by Gasteiger charge is 2.17. The van der Waals surface area contributed by atoms with Gasteiger partial charge in [-0.15, -0.1) is 0 Å². The summed E-state index contributed by atoms with van der Waals surface area (Å²) in [6.07, 6.45) is 5.16. The van der Waals surface area contributed by atoms with Gasteiger partial charge in [0.05, 0.1) is 6.20 Å². The van der Waals surface area contributed by atoms with Crippen LogP contribution < -0.4 is 5.32 Å². The summed E-state index contributed by atoms with van der Waals surface area (Å²) in [5, 5.41) is 3.27. The SMILES string of the molecule is Fc1cnccc1[C@H]1CCCNC1. The van der Waals surface area contributed by atoms with Gasteiger partial charge in [0, 0.05) is 12.7 Å². The maximum atomic E-state index is 13.3. The molecule has 1 aliphatic rings. The van der Waals surface area contributed by atoms with Gasteiger partial charge in [0.2, 0.25) is 0 Å². The lowest BCUT2D eigenvalue weighted by atomic mass is 9.92. The minimum absolute atomic E-state index is 0.170. The highest BCUT2D eigenvalue weighted by molar-refractivity contribution is 5.19. The first-order valence-electron chi connectivity index (χ1n) is 4.68. The summed E-state index contributed by atoms with van der Waals surface area (Å²) in [6.45, 7) is 1.95. The van der Waals surface area contributed by atoms with Gasteiger partial charge >= 0.3 is 0 Å². The maximum Gasteiger partial charge on any atom is 0.144 e. The van der Waals surface area contributed by atoms with E-state index < -0.39 is 0 Å². The van der Waals surface area contributed by atoms with Crippen LogP contribution in [0.4, 0.5) is 4.39 Å². The molecule has 2 nitrogen and oxygen atoms in total. The van der Waals surface area contributed by atoms with Crippen LogP contribution in [0.25, 0.3) is 0 Å². The molecule has 70 valence electrons. The van der Waals surface area contributed by atoms with E-state index in [9.17, 15) is 4.39 Å². The Morgan fingerprint density at radius 3 is 3.15 bits per heavy atom. The van der Waals surface area contributed by atoms with Crippen LogP contribution in [-0.2, 0) is 0 Å². The average molecular weight is 180 g/mol. The highest BCUT2D eigenvalue weighted by atomic mass is 19.1. The molecule has 1 atom stereocenters. The Kier molecular flexibility index (Phi) is 2.54. The first-order valence-corrected chi connectivity index (χ1v) is 4.68. The maximum absolute atomic E-state index is 13.3. The summed E-state index contributed by atoms with van der Waals surface area (Å²) in [7, 11) is 0. The Morgan fingerprint density at radius 2 is 2.46 bits per heavy atom. The third kappa shape index (κ3) is 1.86. The quantitative estimate of drug-likeness (QED) is 0.711. The van der Waals surface area contributed by atoms with Gasteiger partial charge in [-0.25, -0.2) is 4.39 Å². The summed E-state index contributed by atoms with van der Waals surface area (Å²) >= 11 is 0. The summed E-state index contributed by atoms with van der Waals surface area (Å²) in [5.41, 5.74) is 0.808. The number of aromatic nitrogens is 1. The molecule has 2 heterocycles. The number of nitrogens with zero attached hydrogens (tertiary/aromatic N) is 1. The number of rotatable bonds is 1. The molecule has 0 aliphatic carbocycles. The van der Waals surface area contributed by atoms with E-state index in [1.807, 2.05) is 0 Å². The lowest BCUT2D eigenvalue weighted by Crippen LogP contribution is -2.28. The van der Waals surface area contributed by atoms with E-state index in [0.29, 0.717) is 5.92 Å². The second-order valence-electron chi connectivity index (χ2n) is 3.44. The van der Waals surface area contributed by atoms with Crippen molar-refractivity contribution in [2.45, 2.75) is 18.8 Å². The molecular weight excluding hydrogens is 167 g/mol. The summed E-state index contributed by atoms with van der Waals surface area (Å²) in [5.74, 6) is 0.160. The van der Waals surface area contributed by atoms with Crippen molar-refractivity contribution in [3.05, 3.63) is 29.8 Å². The van der Waals surface area contributed by atoms with Gasteiger partial charge in [-0.05, 0) is 36.9 Å². The van der Waals surface area contributed by atoms with Crippen LogP contribution in [0.2, 0.25) is 0 Å². The Hall–Kier alpha value is -0.960. The van der Waals surface area contributed by atoms with Gasteiger partial charge in [-0.2, -0.15) is 0 Å². The number of hydrogen-bond acceptors (Lipinski definition) is 2. The summed E-state index contributed by atoms with van der Waals surface area (Å²) < 4.78 is 13.3. The summed E-state index contributed by atoms with van der Waals surface area (Å²) in [6, 6.07) is 1.78. The van der Waals surface area contributed by atoms with Gasteiger partial charge in [-0.1, -0.05) is 0 Å². The predicted octanol–water partition coefficient (Wildman–Crippen LogP) is 1.69. The lowest BCUT2D eigenvalue weighted by Gasteiger charge is -2.23. The molecule has 0 amide bonds. The van der Waals surface area contributed by atoms with E-state index in [1.165, 1.54) is 6.20 Å². The van der Waals surface area contributed by atoms with Crippen LogP contribution in [-0.4, -0.2) is 18.1 Å². The van der Waals surface area contributed by atoms with E-state index in [0.717, 1.165) is 31.5 Å². The van der Waals surface area contributed by atoms with Crippen molar-refractivity contribution in [3.63, 3.8) is 0 Å². The molecule has 1 saturated heterocycles. The zero-order chi connectivity index (χ0) is 9.10. The molecular formula is C10H13FN2. The van der Waals surface area contributed by atoms with Crippen LogP contribution in [0.15, 0.2) is 18.5 Å². The molecule has 1 aromatic rings. The minimum Gasteiger partial charge on any atom is -0.316 e. The largest absolute Gasteiger partial charge is 0.316 e. The van der Waals surface area contributed by atoms with Crippen molar-refractivity contribution in [2.24, 2.45) is 0 Å². The van der Waals surface area contributed by atoms with Crippen molar-refractivity contribution >= 4 is 0 Å². The molecule has 13 heavy (non-hydrogen) atoms. The van der Waals surface area contributed by atoms with Crippen molar-refractivity contribution in [1.29, 1.82) is 0 Å². The van der Waals surface area contributed by atoms with Gasteiger partial charge in [0.25, 0.3) is 0 Å². The van der Waals surface area contributed by atoms with E-state index >= 15 is 0 Å². The zero-order valence-electron chi connectivity index (χ0n) is 7.46. The minimum atomic E-state index is -0.170. The van der Waals surface area contributed by atoms with Gasteiger partial charge in [0.1, 0.15) is 5.82 Å². The van der Waals surface area contributed by atoms with Gasteiger partial charge in [-0.3, -0.25) is 4.98 Å². The number of piperidine rings is 1. The van der Waals surface area contributed by atoms with E-state index in [1.54, 1.807) is 12.3 Å². The number of halogens is 1. The standard InChI is InChI=1S/C10H13FN2/c11-10-7-13-5-3-9(10)8-2-1-4-12-6-8/h3,5,7-8,12H,1-2,4,6H2/t8-/m0/s1. The molecule has 0 bridgehead atoms. The first kappa shape index (κ1) is 8.63. The van der Waals surface area contributed by atoms with E-state index in [-0.39, 0.29) is 5.82 Å². The van der Waals surface area contributed by atoms with Crippen LogP contribution >= 0.6 is 0 Å². The number of pyridine rings is 1. The number of nitrogens with one attached hydrogen (secondary N) is 1. The fourth-order valence-electron chi connectivity index (χ4n) is 1.83. The molecule has 3 heteroatoms. The normalized spacial score (nSPS) is 23.0. The van der Waals surface area contributed by atoms with Crippen molar-refractivity contribution < 1.29 is 4.39 Å². The number of hydrogen-bond donors (Lipinski definition) is 1. The highest BCUT2D eigenvalue weighted by Crippen LogP contribution is 2.24. The van der Waals surface area contributed by atoms with Crippen molar-refractivity contribution in [1.82, 2.24) is 10.3 Å². The Bertz CT molecular complexity index is 282. The molecule has 1 aromatic heterocycles. The van der Waals surface area contributed by atoms with E-state index in [4.69, 9.17) is 0 Å². The molecule has 0 radical (unpaired) electrons.